The van der Waals surface area contributed by atoms with Gasteiger partial charge in [0.2, 0.25) is 0 Å². The van der Waals surface area contributed by atoms with Crippen LogP contribution in [0.3, 0.4) is 0 Å². The minimum absolute atomic E-state index is 1.19. The van der Waals surface area contributed by atoms with Gasteiger partial charge in [0, 0.05) is 0 Å². The summed E-state index contributed by atoms with van der Waals surface area (Å²) in [6.07, 6.45) is 29.9. The van der Waals surface area contributed by atoms with Crippen LogP contribution >= 0.6 is 0 Å². The summed E-state index contributed by atoms with van der Waals surface area (Å²) in [5.41, 5.74) is 0. The molecule has 0 radical (unpaired) electrons. The molecule has 1 heteroatoms. The first-order valence-corrected chi connectivity index (χ1v) is 12.9. The second-order valence-corrected chi connectivity index (χ2v) is 8.39. The van der Waals surface area contributed by atoms with Crippen LogP contribution in [0.5, 0.6) is 0 Å². The molecule has 0 saturated heterocycles. The van der Waals surface area contributed by atoms with E-state index in [1.807, 2.05) is 38.2 Å². The Morgan fingerprint density at radius 1 is 0.533 bits per heavy atom. The Balaban J connectivity index is -0.000000157. The number of nitrogens with zero attached hydrogens (tertiary/aromatic N) is 1. The molecule has 0 atom stereocenters. The molecule has 0 aliphatic carbocycles. The van der Waals surface area contributed by atoms with Gasteiger partial charge in [-0.25, -0.2) is 0 Å². The maximum Gasteiger partial charge on any atom is -0.0140 e. The maximum absolute atomic E-state index is 3.68. The summed E-state index contributed by atoms with van der Waals surface area (Å²) in [7, 11) is 6.00. The molecular weight excluding hydrogens is 362 g/mol. The zero-order valence-corrected chi connectivity index (χ0v) is 22.5. The molecule has 0 rings (SSSR count). The van der Waals surface area contributed by atoms with Crippen LogP contribution in [-0.4, -0.2) is 26.0 Å². The van der Waals surface area contributed by atoms with Crippen LogP contribution in [0.4, 0.5) is 0 Å². The molecule has 0 aromatic carbocycles. The molecule has 0 fully saturated rings. The second-order valence-electron chi connectivity index (χ2n) is 8.39. The molecule has 0 spiro atoms. The Morgan fingerprint density at radius 2 is 0.833 bits per heavy atom. The lowest BCUT2D eigenvalue weighted by atomic mass is 10.1. The van der Waals surface area contributed by atoms with Gasteiger partial charge < -0.3 is 4.90 Å². The fourth-order valence-electron chi connectivity index (χ4n) is 2.46. The van der Waals surface area contributed by atoms with E-state index in [1.165, 1.54) is 103 Å². The van der Waals surface area contributed by atoms with E-state index in [0.29, 0.717) is 0 Å². The second kappa shape index (κ2) is 42.3. The van der Waals surface area contributed by atoms with E-state index in [4.69, 9.17) is 0 Å². The van der Waals surface area contributed by atoms with Gasteiger partial charge in [-0.05, 0) is 66.6 Å². The van der Waals surface area contributed by atoms with E-state index in [2.05, 4.69) is 53.0 Å². The lowest BCUT2D eigenvalue weighted by molar-refractivity contribution is 0.505. The lowest BCUT2D eigenvalue weighted by Gasteiger charge is -1.95. The Bertz CT molecular complexity index is 288. The third-order valence-electron chi connectivity index (χ3n) is 4.23. The van der Waals surface area contributed by atoms with Crippen LogP contribution in [-0.2, 0) is 0 Å². The van der Waals surface area contributed by atoms with E-state index < -0.39 is 0 Å². The van der Waals surface area contributed by atoms with E-state index in [0.717, 1.165) is 0 Å². The van der Waals surface area contributed by atoms with Gasteiger partial charge in [-0.1, -0.05) is 109 Å². The summed E-state index contributed by atoms with van der Waals surface area (Å²) in [6, 6.07) is 0. The monoisotopic (exact) mass is 423 g/mol. The van der Waals surface area contributed by atoms with Crippen molar-refractivity contribution in [1.29, 1.82) is 0 Å². The molecule has 182 valence electrons. The predicted molar refractivity (Wildman–Crippen MR) is 146 cm³/mol. The molecule has 0 N–H and O–H groups in total. The van der Waals surface area contributed by atoms with Crippen molar-refractivity contribution in [1.82, 2.24) is 4.90 Å². The smallest absolute Gasteiger partial charge is 0.0140 e. The summed E-state index contributed by atoms with van der Waals surface area (Å²) in [4.78, 5) is 2.00. The van der Waals surface area contributed by atoms with Crippen molar-refractivity contribution >= 4 is 0 Å². The molecule has 0 heterocycles. The molecule has 0 aliphatic heterocycles. The maximum atomic E-state index is 3.68. The Hall–Kier alpha value is -0.820. The van der Waals surface area contributed by atoms with Gasteiger partial charge in [0.15, 0.2) is 0 Å². The van der Waals surface area contributed by atoms with Gasteiger partial charge in [0.25, 0.3) is 0 Å². The van der Waals surface area contributed by atoms with Gasteiger partial charge in [-0.15, -0.1) is 13.2 Å². The SMILES string of the molecule is C=CCCCCC.C=CCCCCCCC.CC=CCCCCCCC.CN(C)C. The van der Waals surface area contributed by atoms with Gasteiger partial charge >= 0.3 is 0 Å². The summed E-state index contributed by atoms with van der Waals surface area (Å²) in [6.45, 7) is 16.1. The van der Waals surface area contributed by atoms with Crippen molar-refractivity contribution in [2.24, 2.45) is 0 Å². The van der Waals surface area contributed by atoms with Crippen LogP contribution < -0.4 is 0 Å². The van der Waals surface area contributed by atoms with Gasteiger partial charge in [0.1, 0.15) is 0 Å². The number of unbranched alkanes of at least 4 members (excludes halogenated alkanes) is 13. The molecular formula is C29H61N. The van der Waals surface area contributed by atoms with Gasteiger partial charge in [-0.2, -0.15) is 0 Å². The largest absolute Gasteiger partial charge is 0.312 e. The molecule has 1 nitrogen and oxygen atoms in total. The molecule has 0 unspecified atom stereocenters. The van der Waals surface area contributed by atoms with E-state index in [9.17, 15) is 0 Å². The van der Waals surface area contributed by atoms with E-state index >= 15 is 0 Å². The molecule has 0 amide bonds. The van der Waals surface area contributed by atoms with Gasteiger partial charge in [0.05, 0.1) is 0 Å². The van der Waals surface area contributed by atoms with Gasteiger partial charge in [-0.3, -0.25) is 0 Å². The third-order valence-corrected chi connectivity index (χ3v) is 4.23. The predicted octanol–water partition coefficient (Wildman–Crippen LogP) is 10.4. The zero-order chi connectivity index (χ0) is 23.7. The van der Waals surface area contributed by atoms with Crippen LogP contribution in [0.15, 0.2) is 37.5 Å². The topological polar surface area (TPSA) is 3.24 Å². The van der Waals surface area contributed by atoms with Crippen molar-refractivity contribution < 1.29 is 0 Å². The first kappa shape index (κ1) is 36.5. The Kier molecular flexibility index (Phi) is 51.6. The lowest BCUT2D eigenvalue weighted by Crippen LogP contribution is -1.99. The number of allylic oxidation sites excluding steroid dienone is 4. The first-order chi connectivity index (χ1) is 14.5. The fourth-order valence-corrected chi connectivity index (χ4v) is 2.46. The highest BCUT2D eigenvalue weighted by Crippen LogP contribution is 2.05. The Morgan fingerprint density at radius 3 is 1.17 bits per heavy atom. The summed E-state index contributed by atoms with van der Waals surface area (Å²) < 4.78 is 0. The van der Waals surface area contributed by atoms with Crippen LogP contribution in [0.1, 0.15) is 130 Å². The molecule has 0 saturated carbocycles. The summed E-state index contributed by atoms with van der Waals surface area (Å²) in [5.74, 6) is 0. The molecule has 30 heavy (non-hydrogen) atoms. The zero-order valence-electron chi connectivity index (χ0n) is 22.5. The highest BCUT2D eigenvalue weighted by molar-refractivity contribution is 4.76. The summed E-state index contributed by atoms with van der Waals surface area (Å²) >= 11 is 0. The molecule has 0 aromatic rings. The molecule has 0 bridgehead atoms. The van der Waals surface area contributed by atoms with E-state index in [-0.39, 0.29) is 0 Å². The fraction of sp³-hybridized carbons (Fsp3) is 0.793. The number of hydrogen-bond donors (Lipinski definition) is 0. The molecule has 0 aromatic heterocycles. The van der Waals surface area contributed by atoms with Crippen LogP contribution in [0, 0.1) is 0 Å². The average molecular weight is 424 g/mol. The minimum Gasteiger partial charge on any atom is -0.312 e. The first-order valence-electron chi connectivity index (χ1n) is 12.9. The van der Waals surface area contributed by atoms with Crippen molar-refractivity contribution in [3.05, 3.63) is 37.5 Å². The number of hydrogen-bond acceptors (Lipinski definition) is 1. The van der Waals surface area contributed by atoms with E-state index in [1.54, 1.807) is 0 Å². The van der Waals surface area contributed by atoms with Crippen molar-refractivity contribution in [2.45, 2.75) is 130 Å². The molecule has 0 aliphatic rings. The van der Waals surface area contributed by atoms with Crippen molar-refractivity contribution in [2.75, 3.05) is 21.1 Å². The van der Waals surface area contributed by atoms with Crippen LogP contribution in [0.2, 0.25) is 0 Å². The highest BCUT2D eigenvalue weighted by Gasteiger charge is 1.85. The average Bonchev–Trinajstić information content (AvgIpc) is 2.72. The standard InChI is InChI=1S/C10H20.C9H18.C7H14.C3H9N/c1-3-5-7-9-10-8-6-4-2;1-3-5-7-9-8-6-4-2;1-3-5-7-6-4-2;1-4(2)3/h3,5H,4,6-10H2,1-2H3;3H,1,4-9H2,2H3;3H,1,4-7H2,2H3;1-3H3. The number of rotatable bonds is 16. The summed E-state index contributed by atoms with van der Waals surface area (Å²) in [5, 5.41) is 0. The van der Waals surface area contributed by atoms with Crippen molar-refractivity contribution in [3.8, 4) is 0 Å². The quantitative estimate of drug-likeness (QED) is 0.176. The minimum atomic E-state index is 1.19. The van der Waals surface area contributed by atoms with Crippen molar-refractivity contribution in [3.63, 3.8) is 0 Å². The normalized spacial score (nSPS) is 9.73. The van der Waals surface area contributed by atoms with Crippen LogP contribution in [0.25, 0.3) is 0 Å². The third kappa shape index (κ3) is 71.2. The highest BCUT2D eigenvalue weighted by atomic mass is 15.0. The Labute approximate surface area is 194 Å².